The van der Waals surface area contributed by atoms with E-state index in [1.807, 2.05) is 61.5 Å². The van der Waals surface area contributed by atoms with Crippen LogP contribution >= 0.6 is 0 Å². The van der Waals surface area contributed by atoms with Crippen LogP contribution in [0.5, 0.6) is 0 Å². The van der Waals surface area contributed by atoms with Crippen molar-refractivity contribution in [2.24, 2.45) is 0 Å². The average Bonchev–Trinajstić information content (AvgIpc) is 2.48. The monoisotopic (exact) mass is 265 g/mol. The third kappa shape index (κ3) is 2.30. The second-order valence-electron chi connectivity index (χ2n) is 4.72. The fraction of sp³-hybridized carbons (Fsp3) is 0.118. The van der Waals surface area contributed by atoms with Crippen molar-refractivity contribution in [1.82, 2.24) is 0 Å². The molecule has 0 atom stereocenters. The van der Waals surface area contributed by atoms with Crippen molar-refractivity contribution in [1.29, 1.82) is 0 Å². The second-order valence-corrected chi connectivity index (χ2v) is 4.72. The number of anilines is 1. The van der Waals surface area contributed by atoms with Crippen LogP contribution in [0.4, 0.5) is 5.69 Å². The van der Waals surface area contributed by atoms with Crippen LogP contribution in [0.25, 0.3) is 11.0 Å². The molecule has 0 bridgehead atoms. The highest BCUT2D eigenvalue weighted by molar-refractivity contribution is 5.84. The lowest BCUT2D eigenvalue weighted by atomic mass is 10.1. The van der Waals surface area contributed by atoms with E-state index < -0.39 is 0 Å². The summed E-state index contributed by atoms with van der Waals surface area (Å²) in [5.41, 5.74) is 2.89. The Hall–Kier alpha value is -2.55. The molecule has 0 aliphatic carbocycles. The van der Waals surface area contributed by atoms with Crippen LogP contribution < -0.4 is 10.9 Å². The maximum Gasteiger partial charge on any atom is 0.360 e. The van der Waals surface area contributed by atoms with Gasteiger partial charge in [-0.3, -0.25) is 0 Å². The first-order chi connectivity index (χ1) is 9.75. The molecule has 100 valence electrons. The Bertz CT molecular complexity index is 791. The zero-order chi connectivity index (χ0) is 13.9. The van der Waals surface area contributed by atoms with Gasteiger partial charge in [-0.25, -0.2) is 4.79 Å². The number of hydrogen-bond acceptors (Lipinski definition) is 3. The van der Waals surface area contributed by atoms with E-state index in [2.05, 4.69) is 5.32 Å². The lowest BCUT2D eigenvalue weighted by Gasteiger charge is -2.10. The summed E-state index contributed by atoms with van der Waals surface area (Å²) in [5.74, 6) is 0. The predicted octanol–water partition coefficient (Wildman–Crippen LogP) is 3.71. The van der Waals surface area contributed by atoms with Gasteiger partial charge in [-0.2, -0.15) is 0 Å². The van der Waals surface area contributed by atoms with Gasteiger partial charge in [0, 0.05) is 11.9 Å². The molecule has 20 heavy (non-hydrogen) atoms. The number of para-hydroxylation sites is 1. The van der Waals surface area contributed by atoms with Gasteiger partial charge in [0.15, 0.2) is 0 Å². The molecular formula is C17H15NO2. The van der Waals surface area contributed by atoms with Crippen LogP contribution in [0.15, 0.2) is 63.8 Å². The highest BCUT2D eigenvalue weighted by atomic mass is 16.4. The maximum absolute atomic E-state index is 12.0. The lowest BCUT2D eigenvalue weighted by molar-refractivity contribution is 0.562. The topological polar surface area (TPSA) is 42.2 Å². The highest BCUT2D eigenvalue weighted by Crippen LogP contribution is 2.22. The van der Waals surface area contributed by atoms with Gasteiger partial charge in [-0.1, -0.05) is 48.5 Å². The van der Waals surface area contributed by atoms with E-state index in [0.717, 1.165) is 16.5 Å². The fourth-order valence-electron chi connectivity index (χ4n) is 2.30. The third-order valence-corrected chi connectivity index (χ3v) is 3.38. The molecule has 0 fully saturated rings. The minimum atomic E-state index is -0.322. The summed E-state index contributed by atoms with van der Waals surface area (Å²) < 4.78 is 5.34. The zero-order valence-corrected chi connectivity index (χ0v) is 11.2. The molecular weight excluding hydrogens is 250 g/mol. The standard InChI is InChI=1S/C17H15NO2/c1-12-14-9-5-6-10-15(14)20-17(19)16(12)18-11-13-7-3-2-4-8-13/h2-10,18H,11H2,1H3. The molecule has 2 aromatic carbocycles. The van der Waals surface area contributed by atoms with Gasteiger partial charge in [0.1, 0.15) is 11.3 Å². The molecule has 0 saturated carbocycles. The normalized spacial score (nSPS) is 10.7. The largest absolute Gasteiger partial charge is 0.421 e. The van der Waals surface area contributed by atoms with Gasteiger partial charge in [-0.05, 0) is 24.1 Å². The second kappa shape index (κ2) is 5.21. The number of aryl methyl sites for hydroxylation is 1. The minimum Gasteiger partial charge on any atom is -0.421 e. The molecule has 3 nitrogen and oxygen atoms in total. The summed E-state index contributed by atoms with van der Waals surface area (Å²) in [4.78, 5) is 12.0. The molecule has 3 rings (SSSR count). The van der Waals surface area contributed by atoms with E-state index >= 15 is 0 Å². The summed E-state index contributed by atoms with van der Waals surface area (Å²) in [6, 6.07) is 17.5. The van der Waals surface area contributed by atoms with Gasteiger partial charge in [0.05, 0.1) is 0 Å². The lowest BCUT2D eigenvalue weighted by Crippen LogP contribution is -2.12. The summed E-state index contributed by atoms with van der Waals surface area (Å²) in [6.07, 6.45) is 0. The Labute approximate surface area is 116 Å². The Morgan fingerprint density at radius 3 is 2.50 bits per heavy atom. The number of rotatable bonds is 3. The Morgan fingerprint density at radius 1 is 1.00 bits per heavy atom. The molecule has 1 N–H and O–H groups in total. The van der Waals surface area contributed by atoms with Crippen LogP contribution in [0.2, 0.25) is 0 Å². The van der Waals surface area contributed by atoms with Gasteiger partial charge in [0.2, 0.25) is 0 Å². The molecule has 0 aliphatic rings. The quantitative estimate of drug-likeness (QED) is 0.734. The first-order valence-corrected chi connectivity index (χ1v) is 6.56. The molecule has 0 radical (unpaired) electrons. The Kier molecular flexibility index (Phi) is 3.25. The number of nitrogens with one attached hydrogen (secondary N) is 1. The van der Waals surface area contributed by atoms with Crippen LogP contribution in [0.1, 0.15) is 11.1 Å². The molecule has 0 aliphatic heterocycles. The van der Waals surface area contributed by atoms with E-state index in [9.17, 15) is 4.79 Å². The van der Waals surface area contributed by atoms with Gasteiger partial charge in [-0.15, -0.1) is 0 Å². The molecule has 0 spiro atoms. The summed E-state index contributed by atoms with van der Waals surface area (Å²) in [5, 5.41) is 4.14. The molecule has 0 unspecified atom stereocenters. The van der Waals surface area contributed by atoms with Crippen molar-refractivity contribution in [3.63, 3.8) is 0 Å². The summed E-state index contributed by atoms with van der Waals surface area (Å²) >= 11 is 0. The smallest absolute Gasteiger partial charge is 0.360 e. The third-order valence-electron chi connectivity index (χ3n) is 3.38. The van der Waals surface area contributed by atoms with E-state index in [1.54, 1.807) is 0 Å². The first kappa shape index (κ1) is 12.5. The van der Waals surface area contributed by atoms with Crippen molar-refractivity contribution in [2.45, 2.75) is 13.5 Å². The van der Waals surface area contributed by atoms with Gasteiger partial charge in [0.25, 0.3) is 0 Å². The SMILES string of the molecule is Cc1c(NCc2ccccc2)c(=O)oc2ccccc12. The van der Waals surface area contributed by atoms with Crippen molar-refractivity contribution < 1.29 is 4.42 Å². The number of benzene rings is 2. The Morgan fingerprint density at radius 2 is 1.70 bits per heavy atom. The minimum absolute atomic E-state index is 0.322. The zero-order valence-electron chi connectivity index (χ0n) is 11.2. The van der Waals surface area contributed by atoms with E-state index in [0.29, 0.717) is 17.8 Å². The maximum atomic E-state index is 12.0. The van der Waals surface area contributed by atoms with E-state index in [1.165, 1.54) is 0 Å². The summed E-state index contributed by atoms with van der Waals surface area (Å²) in [6.45, 7) is 2.54. The molecule has 0 saturated heterocycles. The average molecular weight is 265 g/mol. The molecule has 0 amide bonds. The number of fused-ring (bicyclic) bond motifs is 1. The van der Waals surface area contributed by atoms with Crippen molar-refractivity contribution in [3.05, 3.63) is 76.1 Å². The predicted molar refractivity (Wildman–Crippen MR) is 81.0 cm³/mol. The van der Waals surface area contributed by atoms with Crippen LogP contribution in [0.3, 0.4) is 0 Å². The molecule has 3 heteroatoms. The van der Waals surface area contributed by atoms with Crippen molar-refractivity contribution >= 4 is 16.7 Å². The number of hydrogen-bond donors (Lipinski definition) is 1. The Balaban J connectivity index is 1.97. The van der Waals surface area contributed by atoms with Crippen LogP contribution in [-0.2, 0) is 6.54 Å². The van der Waals surface area contributed by atoms with Crippen LogP contribution in [0, 0.1) is 6.92 Å². The van der Waals surface area contributed by atoms with Gasteiger partial charge < -0.3 is 9.73 Å². The van der Waals surface area contributed by atoms with Crippen molar-refractivity contribution in [2.75, 3.05) is 5.32 Å². The first-order valence-electron chi connectivity index (χ1n) is 6.56. The van der Waals surface area contributed by atoms with Gasteiger partial charge >= 0.3 is 5.63 Å². The summed E-state index contributed by atoms with van der Waals surface area (Å²) in [7, 11) is 0. The van der Waals surface area contributed by atoms with E-state index in [-0.39, 0.29) is 5.63 Å². The van der Waals surface area contributed by atoms with Crippen molar-refractivity contribution in [3.8, 4) is 0 Å². The molecule has 3 aromatic rings. The highest BCUT2D eigenvalue weighted by Gasteiger charge is 2.10. The van der Waals surface area contributed by atoms with Crippen LogP contribution in [-0.4, -0.2) is 0 Å². The molecule has 1 heterocycles. The van der Waals surface area contributed by atoms with E-state index in [4.69, 9.17) is 4.42 Å². The molecule has 1 aromatic heterocycles. The fourth-order valence-corrected chi connectivity index (χ4v) is 2.30.